The Balaban J connectivity index is 0.000000393. The zero-order valence-electron chi connectivity index (χ0n) is 11.4. The molecule has 1 amide bonds. The SMILES string of the molecule is C1CC1.N#CC1CCN(c2nc(Cl)cn3nccc23)C1=O. The molecule has 1 aliphatic heterocycles. The quantitative estimate of drug-likeness (QED) is 0.811. The van der Waals surface area contributed by atoms with Crippen LogP contribution in [-0.2, 0) is 4.79 Å². The van der Waals surface area contributed by atoms with Gasteiger partial charge >= 0.3 is 0 Å². The zero-order chi connectivity index (χ0) is 14.8. The van der Waals surface area contributed by atoms with Crippen molar-refractivity contribution in [1.82, 2.24) is 14.6 Å². The van der Waals surface area contributed by atoms with E-state index in [9.17, 15) is 4.79 Å². The third-order valence-corrected chi connectivity index (χ3v) is 3.49. The van der Waals surface area contributed by atoms with Gasteiger partial charge in [0.2, 0.25) is 5.91 Å². The maximum atomic E-state index is 12.0. The Morgan fingerprint density at radius 2 is 2.14 bits per heavy atom. The van der Waals surface area contributed by atoms with Gasteiger partial charge in [-0.1, -0.05) is 30.9 Å². The molecule has 0 N–H and O–H groups in total. The predicted octanol–water partition coefficient (Wildman–Crippen LogP) is 2.43. The molecule has 1 atom stereocenters. The van der Waals surface area contributed by atoms with Crippen LogP contribution in [0.5, 0.6) is 0 Å². The fraction of sp³-hybridized carbons (Fsp3) is 0.429. The molecular formula is C14H14ClN5O. The summed E-state index contributed by atoms with van der Waals surface area (Å²) in [5, 5.41) is 13.2. The number of fused-ring (bicyclic) bond motifs is 1. The average molecular weight is 304 g/mol. The Bertz CT molecular complexity index is 715. The Kier molecular flexibility index (Phi) is 3.76. The highest BCUT2D eigenvalue weighted by molar-refractivity contribution is 6.29. The van der Waals surface area contributed by atoms with E-state index < -0.39 is 5.92 Å². The van der Waals surface area contributed by atoms with Gasteiger partial charge in [-0.3, -0.25) is 9.69 Å². The van der Waals surface area contributed by atoms with Crippen LogP contribution in [0.4, 0.5) is 5.82 Å². The van der Waals surface area contributed by atoms with Gasteiger partial charge in [0.1, 0.15) is 16.6 Å². The number of halogens is 1. The number of amides is 1. The molecule has 2 fully saturated rings. The van der Waals surface area contributed by atoms with Crippen LogP contribution >= 0.6 is 11.6 Å². The monoisotopic (exact) mass is 303 g/mol. The zero-order valence-corrected chi connectivity index (χ0v) is 12.1. The lowest BCUT2D eigenvalue weighted by atomic mass is 10.1. The van der Waals surface area contributed by atoms with Crippen molar-refractivity contribution < 1.29 is 4.79 Å². The molecule has 0 radical (unpaired) electrons. The lowest BCUT2D eigenvalue weighted by molar-refractivity contribution is -0.119. The number of carbonyl (C=O) groups excluding carboxylic acids is 1. The van der Waals surface area contributed by atoms with E-state index in [1.807, 2.05) is 6.07 Å². The van der Waals surface area contributed by atoms with Crippen LogP contribution in [0, 0.1) is 17.2 Å². The summed E-state index contributed by atoms with van der Waals surface area (Å²) < 4.78 is 1.57. The molecule has 6 nitrogen and oxygen atoms in total. The molecule has 0 aromatic carbocycles. The molecule has 1 unspecified atom stereocenters. The average Bonchev–Trinajstić information content (AvgIpc) is 3.21. The highest BCUT2D eigenvalue weighted by Crippen LogP contribution is 2.28. The van der Waals surface area contributed by atoms with Crippen LogP contribution < -0.4 is 4.90 Å². The van der Waals surface area contributed by atoms with Gasteiger partial charge in [-0.15, -0.1) is 0 Å². The summed E-state index contributed by atoms with van der Waals surface area (Å²) in [6, 6.07) is 3.75. The minimum atomic E-state index is -0.589. The van der Waals surface area contributed by atoms with Gasteiger partial charge in [-0.2, -0.15) is 10.4 Å². The lowest BCUT2D eigenvalue weighted by Gasteiger charge is -2.15. The standard InChI is InChI=1S/C11H8ClN5O.C3H6/c12-9-6-17-8(1-3-14-17)10(15-9)16-4-2-7(5-13)11(16)18;1-2-3-1/h1,3,6-7H,2,4H2;1-3H2. The molecule has 108 valence electrons. The highest BCUT2D eigenvalue weighted by Gasteiger charge is 2.34. The fourth-order valence-corrected chi connectivity index (χ4v) is 2.26. The maximum Gasteiger partial charge on any atom is 0.245 e. The largest absolute Gasteiger partial charge is 0.294 e. The number of nitriles is 1. The van der Waals surface area contributed by atoms with Gasteiger partial charge in [0.25, 0.3) is 0 Å². The summed E-state index contributed by atoms with van der Waals surface area (Å²) in [5.41, 5.74) is 0.700. The van der Waals surface area contributed by atoms with Crippen molar-refractivity contribution in [2.75, 3.05) is 11.4 Å². The highest BCUT2D eigenvalue weighted by atomic mass is 35.5. The van der Waals surface area contributed by atoms with Crippen molar-refractivity contribution in [3.8, 4) is 6.07 Å². The minimum absolute atomic E-state index is 0.227. The van der Waals surface area contributed by atoms with Gasteiger partial charge in [0.05, 0.1) is 18.5 Å². The molecule has 7 heteroatoms. The molecular weight excluding hydrogens is 290 g/mol. The number of carbonyl (C=O) groups is 1. The summed E-state index contributed by atoms with van der Waals surface area (Å²) in [4.78, 5) is 17.7. The topological polar surface area (TPSA) is 74.3 Å². The van der Waals surface area contributed by atoms with Crippen LogP contribution in [0.3, 0.4) is 0 Å². The van der Waals surface area contributed by atoms with Crippen LogP contribution in [0.2, 0.25) is 5.15 Å². The first kappa shape index (κ1) is 13.8. The number of aromatic nitrogens is 3. The van der Waals surface area contributed by atoms with Gasteiger partial charge in [0.15, 0.2) is 5.82 Å². The van der Waals surface area contributed by atoms with E-state index in [1.54, 1.807) is 23.0 Å². The van der Waals surface area contributed by atoms with E-state index in [1.165, 1.54) is 24.2 Å². The normalized spacial score (nSPS) is 20.1. The Labute approximate surface area is 126 Å². The molecule has 0 bridgehead atoms. The van der Waals surface area contributed by atoms with E-state index in [0.717, 1.165) is 0 Å². The van der Waals surface area contributed by atoms with E-state index in [-0.39, 0.29) is 11.1 Å². The Hall–Kier alpha value is -2.13. The summed E-state index contributed by atoms with van der Waals surface area (Å²) >= 11 is 5.90. The van der Waals surface area contributed by atoms with Crippen LogP contribution in [0.25, 0.3) is 5.52 Å². The number of hydrogen-bond donors (Lipinski definition) is 0. The van der Waals surface area contributed by atoms with E-state index in [0.29, 0.717) is 24.3 Å². The minimum Gasteiger partial charge on any atom is -0.294 e. The molecule has 0 spiro atoms. The van der Waals surface area contributed by atoms with Crippen molar-refractivity contribution in [1.29, 1.82) is 5.26 Å². The maximum absolute atomic E-state index is 12.0. The molecule has 2 aliphatic rings. The summed E-state index contributed by atoms with van der Waals surface area (Å²) in [5.74, 6) is -0.355. The fourth-order valence-electron chi connectivity index (χ4n) is 2.09. The van der Waals surface area contributed by atoms with Crippen LogP contribution in [0.1, 0.15) is 25.7 Å². The second-order valence-electron chi connectivity index (χ2n) is 5.07. The van der Waals surface area contributed by atoms with Crippen LogP contribution in [-0.4, -0.2) is 27.0 Å². The Morgan fingerprint density at radius 3 is 2.76 bits per heavy atom. The summed E-state index contributed by atoms with van der Waals surface area (Å²) in [6.45, 7) is 0.477. The van der Waals surface area contributed by atoms with Gasteiger partial charge in [0, 0.05) is 6.54 Å². The summed E-state index contributed by atoms with van der Waals surface area (Å²) in [7, 11) is 0. The second-order valence-corrected chi connectivity index (χ2v) is 5.46. The van der Waals surface area contributed by atoms with E-state index in [4.69, 9.17) is 16.9 Å². The van der Waals surface area contributed by atoms with Crippen LogP contribution in [0.15, 0.2) is 18.5 Å². The molecule has 2 aromatic heterocycles. The molecule has 1 aliphatic carbocycles. The molecule has 1 saturated heterocycles. The third-order valence-electron chi connectivity index (χ3n) is 3.31. The molecule has 2 aromatic rings. The van der Waals surface area contributed by atoms with Crippen molar-refractivity contribution in [3.63, 3.8) is 0 Å². The molecule has 4 rings (SSSR count). The lowest BCUT2D eigenvalue weighted by Crippen LogP contribution is -2.28. The molecule has 1 saturated carbocycles. The van der Waals surface area contributed by atoms with Crippen molar-refractivity contribution in [3.05, 3.63) is 23.6 Å². The third kappa shape index (κ3) is 2.83. The van der Waals surface area contributed by atoms with E-state index in [2.05, 4.69) is 10.1 Å². The Morgan fingerprint density at radius 1 is 1.38 bits per heavy atom. The van der Waals surface area contributed by atoms with Crippen molar-refractivity contribution >= 4 is 28.8 Å². The van der Waals surface area contributed by atoms with Gasteiger partial charge < -0.3 is 0 Å². The van der Waals surface area contributed by atoms with Gasteiger partial charge in [-0.05, 0) is 12.5 Å². The number of anilines is 1. The smallest absolute Gasteiger partial charge is 0.245 e. The number of hydrogen-bond acceptors (Lipinski definition) is 4. The van der Waals surface area contributed by atoms with Crippen molar-refractivity contribution in [2.24, 2.45) is 5.92 Å². The first-order valence-electron chi connectivity index (χ1n) is 6.91. The first-order chi connectivity index (χ1) is 10.2. The van der Waals surface area contributed by atoms with Gasteiger partial charge in [-0.25, -0.2) is 9.50 Å². The first-order valence-corrected chi connectivity index (χ1v) is 7.29. The second kappa shape index (κ2) is 5.70. The molecule has 3 heterocycles. The number of nitrogens with zero attached hydrogens (tertiary/aromatic N) is 5. The summed E-state index contributed by atoms with van der Waals surface area (Å²) in [6.07, 6.45) is 8.20. The van der Waals surface area contributed by atoms with E-state index >= 15 is 0 Å². The predicted molar refractivity (Wildman–Crippen MR) is 77.9 cm³/mol. The van der Waals surface area contributed by atoms with Crippen molar-refractivity contribution in [2.45, 2.75) is 25.7 Å². The molecule has 21 heavy (non-hydrogen) atoms. The number of rotatable bonds is 1.